The van der Waals surface area contributed by atoms with Gasteiger partial charge < -0.3 is 20.1 Å². The molecule has 2 fully saturated rings. The zero-order valence-corrected chi connectivity index (χ0v) is 12.9. The molecule has 0 radical (unpaired) electrons. The van der Waals surface area contributed by atoms with Crippen molar-refractivity contribution in [3.63, 3.8) is 0 Å². The molecule has 0 saturated carbocycles. The van der Waals surface area contributed by atoms with Crippen LogP contribution in [0, 0.1) is 0 Å². The molecule has 0 bridgehead atoms. The molecule has 23 heavy (non-hydrogen) atoms. The number of nitrogens with one attached hydrogen (secondary N) is 2. The van der Waals surface area contributed by atoms with Gasteiger partial charge >= 0.3 is 5.97 Å². The number of anilines is 2. The van der Waals surface area contributed by atoms with Crippen molar-refractivity contribution in [1.29, 1.82) is 0 Å². The van der Waals surface area contributed by atoms with Crippen LogP contribution >= 0.6 is 0 Å². The number of cyclic esters (lactones) is 1. The van der Waals surface area contributed by atoms with Gasteiger partial charge in [0.1, 0.15) is 6.04 Å². The monoisotopic (exact) mass is 319 g/mol. The summed E-state index contributed by atoms with van der Waals surface area (Å²) in [6.07, 6.45) is 0.677. The molecule has 2 heterocycles. The molecule has 0 aliphatic carbocycles. The summed E-state index contributed by atoms with van der Waals surface area (Å²) in [5, 5.41) is 6.01. The van der Waals surface area contributed by atoms with Crippen LogP contribution < -0.4 is 10.6 Å². The number of esters is 1. The molecule has 2 saturated heterocycles. The highest BCUT2D eigenvalue weighted by Crippen LogP contribution is 2.17. The quantitative estimate of drug-likeness (QED) is 0.777. The lowest BCUT2D eigenvalue weighted by molar-refractivity contribution is -0.138. The van der Waals surface area contributed by atoms with Gasteiger partial charge in [-0.3, -0.25) is 9.69 Å². The number of carbonyl (C=O) groups excluding carboxylic acids is 2. The third kappa shape index (κ3) is 4.43. The Hall–Kier alpha value is -2.12. The fourth-order valence-electron chi connectivity index (χ4n) is 2.64. The van der Waals surface area contributed by atoms with E-state index in [1.54, 1.807) is 0 Å². The average molecular weight is 319 g/mol. The lowest BCUT2D eigenvalue weighted by Crippen LogP contribution is -2.41. The zero-order valence-electron chi connectivity index (χ0n) is 12.9. The van der Waals surface area contributed by atoms with E-state index in [1.165, 1.54) is 0 Å². The summed E-state index contributed by atoms with van der Waals surface area (Å²) in [6, 6.07) is 7.04. The Morgan fingerprint density at radius 2 is 1.83 bits per heavy atom. The van der Waals surface area contributed by atoms with Crippen molar-refractivity contribution in [1.82, 2.24) is 4.90 Å². The van der Waals surface area contributed by atoms with E-state index in [1.807, 2.05) is 24.3 Å². The fraction of sp³-hybridized carbons (Fsp3) is 0.500. The number of carbonyl (C=O) groups is 2. The van der Waals surface area contributed by atoms with Crippen LogP contribution in [0.4, 0.5) is 11.4 Å². The van der Waals surface area contributed by atoms with Gasteiger partial charge in [0, 0.05) is 30.9 Å². The van der Waals surface area contributed by atoms with E-state index in [4.69, 9.17) is 9.47 Å². The SMILES string of the molecule is O=C(CN1CCOCC1)Nc1ccc(N[C@@H]2CCOC2=O)cc1. The molecule has 1 atom stereocenters. The number of benzene rings is 1. The van der Waals surface area contributed by atoms with Gasteiger partial charge in [0.05, 0.1) is 26.4 Å². The minimum atomic E-state index is -0.281. The van der Waals surface area contributed by atoms with Gasteiger partial charge in [-0.15, -0.1) is 0 Å². The summed E-state index contributed by atoms with van der Waals surface area (Å²) < 4.78 is 10.2. The number of nitrogens with zero attached hydrogens (tertiary/aromatic N) is 1. The average Bonchev–Trinajstić information content (AvgIpc) is 2.95. The van der Waals surface area contributed by atoms with Crippen LogP contribution in [-0.4, -0.2) is 62.3 Å². The Balaban J connectivity index is 1.48. The van der Waals surface area contributed by atoms with Crippen molar-refractivity contribution < 1.29 is 19.1 Å². The van der Waals surface area contributed by atoms with Gasteiger partial charge in [-0.2, -0.15) is 0 Å². The third-order valence-electron chi connectivity index (χ3n) is 3.92. The highest BCUT2D eigenvalue weighted by Gasteiger charge is 2.26. The number of morpholine rings is 1. The molecule has 1 aromatic rings. The fourth-order valence-corrected chi connectivity index (χ4v) is 2.64. The highest BCUT2D eigenvalue weighted by atomic mass is 16.5. The molecule has 124 valence electrons. The summed E-state index contributed by atoms with van der Waals surface area (Å²) in [6.45, 7) is 3.76. The minimum absolute atomic E-state index is 0.0352. The van der Waals surface area contributed by atoms with Crippen LogP contribution in [0.5, 0.6) is 0 Å². The second-order valence-corrected chi connectivity index (χ2v) is 5.67. The standard InChI is InChI=1S/C16H21N3O4/c20-15(11-19-6-9-22-10-7-19)18-13-3-1-12(2-4-13)17-14-5-8-23-16(14)21/h1-4,14,17H,5-11H2,(H,18,20)/t14-/m1/s1. The molecular weight excluding hydrogens is 298 g/mol. The summed E-state index contributed by atoms with van der Waals surface area (Å²) in [5.74, 6) is -0.250. The van der Waals surface area contributed by atoms with Crippen LogP contribution in [0.15, 0.2) is 24.3 Å². The van der Waals surface area contributed by atoms with E-state index in [-0.39, 0.29) is 17.9 Å². The van der Waals surface area contributed by atoms with E-state index in [2.05, 4.69) is 15.5 Å². The van der Waals surface area contributed by atoms with Crippen molar-refractivity contribution in [2.24, 2.45) is 0 Å². The van der Waals surface area contributed by atoms with Gasteiger partial charge in [0.2, 0.25) is 5.91 Å². The predicted octanol–water partition coefficient (Wildman–Crippen LogP) is 0.685. The molecule has 1 amide bonds. The Morgan fingerprint density at radius 3 is 2.48 bits per heavy atom. The van der Waals surface area contributed by atoms with E-state index in [0.717, 1.165) is 24.5 Å². The van der Waals surface area contributed by atoms with Crippen LogP contribution in [0.1, 0.15) is 6.42 Å². The van der Waals surface area contributed by atoms with Gasteiger partial charge in [0.25, 0.3) is 0 Å². The first-order valence-corrected chi connectivity index (χ1v) is 7.84. The van der Waals surface area contributed by atoms with Crippen molar-refractivity contribution >= 4 is 23.3 Å². The first-order chi connectivity index (χ1) is 11.2. The summed E-state index contributed by atoms with van der Waals surface area (Å²) >= 11 is 0. The highest BCUT2D eigenvalue weighted by molar-refractivity contribution is 5.92. The Morgan fingerprint density at radius 1 is 1.13 bits per heavy atom. The number of hydrogen-bond donors (Lipinski definition) is 2. The van der Waals surface area contributed by atoms with Crippen molar-refractivity contribution in [2.75, 3.05) is 50.1 Å². The molecule has 7 nitrogen and oxygen atoms in total. The van der Waals surface area contributed by atoms with Crippen molar-refractivity contribution in [3.05, 3.63) is 24.3 Å². The topological polar surface area (TPSA) is 79.9 Å². The minimum Gasteiger partial charge on any atom is -0.464 e. The lowest BCUT2D eigenvalue weighted by Gasteiger charge is -2.25. The number of rotatable bonds is 5. The maximum Gasteiger partial charge on any atom is 0.328 e. The smallest absolute Gasteiger partial charge is 0.328 e. The molecule has 2 aliphatic heterocycles. The lowest BCUT2D eigenvalue weighted by atomic mass is 10.2. The zero-order chi connectivity index (χ0) is 16.1. The summed E-state index contributed by atoms with van der Waals surface area (Å²) in [7, 11) is 0. The Kier molecular flexibility index (Phi) is 5.09. The Bertz CT molecular complexity index is 555. The molecule has 2 N–H and O–H groups in total. The number of hydrogen-bond acceptors (Lipinski definition) is 6. The molecule has 0 spiro atoms. The van der Waals surface area contributed by atoms with Crippen molar-refractivity contribution in [3.8, 4) is 0 Å². The normalized spacial score (nSPS) is 21.7. The van der Waals surface area contributed by atoms with Gasteiger partial charge in [-0.1, -0.05) is 0 Å². The molecule has 3 rings (SSSR count). The first-order valence-electron chi connectivity index (χ1n) is 7.84. The van der Waals surface area contributed by atoms with Crippen molar-refractivity contribution in [2.45, 2.75) is 12.5 Å². The van der Waals surface area contributed by atoms with E-state index in [0.29, 0.717) is 32.8 Å². The Labute approximate surface area is 134 Å². The number of ether oxygens (including phenoxy) is 2. The van der Waals surface area contributed by atoms with E-state index >= 15 is 0 Å². The van der Waals surface area contributed by atoms with Crippen LogP contribution in [0.25, 0.3) is 0 Å². The molecule has 1 aromatic carbocycles. The molecule has 0 unspecified atom stereocenters. The second-order valence-electron chi connectivity index (χ2n) is 5.67. The van der Waals surface area contributed by atoms with E-state index < -0.39 is 0 Å². The van der Waals surface area contributed by atoms with Gasteiger partial charge in [-0.05, 0) is 24.3 Å². The van der Waals surface area contributed by atoms with E-state index in [9.17, 15) is 9.59 Å². The maximum atomic E-state index is 12.0. The van der Waals surface area contributed by atoms with Gasteiger partial charge in [0.15, 0.2) is 0 Å². The molecule has 0 aromatic heterocycles. The third-order valence-corrected chi connectivity index (χ3v) is 3.92. The van der Waals surface area contributed by atoms with Gasteiger partial charge in [-0.25, -0.2) is 4.79 Å². The molecular formula is C16H21N3O4. The predicted molar refractivity (Wildman–Crippen MR) is 85.3 cm³/mol. The number of amides is 1. The molecule has 7 heteroatoms. The largest absolute Gasteiger partial charge is 0.464 e. The molecule has 2 aliphatic rings. The summed E-state index contributed by atoms with van der Waals surface area (Å²) in [4.78, 5) is 25.5. The maximum absolute atomic E-state index is 12.0. The van der Waals surface area contributed by atoms with Crippen LogP contribution in [0.3, 0.4) is 0 Å². The van der Waals surface area contributed by atoms with Crippen LogP contribution in [0.2, 0.25) is 0 Å². The first kappa shape index (κ1) is 15.8. The van der Waals surface area contributed by atoms with Crippen LogP contribution in [-0.2, 0) is 19.1 Å². The second kappa shape index (κ2) is 7.43. The summed E-state index contributed by atoms with van der Waals surface area (Å²) in [5.41, 5.74) is 1.57.